The smallest absolute Gasteiger partial charge is 0.254 e. The standard InChI is InChI=1S/C29H31FN4O5/c1-38-26-5-3-18(16-24(26)30)20-14-22-21-4-2-19(17-25(21)32-27(22)23(15-20)28(31)36)29(37)34-8-6-33(7-9-34)10-12-39-13-11-35/h2-5,14-17,32,35H,6-13H2,1H3,(H2,31,36). The fourth-order valence-electron chi connectivity index (χ4n) is 5.06. The average molecular weight is 535 g/mol. The summed E-state index contributed by atoms with van der Waals surface area (Å²) < 4.78 is 24.8. The Morgan fingerprint density at radius 3 is 2.49 bits per heavy atom. The summed E-state index contributed by atoms with van der Waals surface area (Å²) in [5.74, 6) is -1.05. The van der Waals surface area contributed by atoms with Crippen molar-refractivity contribution in [3.63, 3.8) is 0 Å². The quantitative estimate of drug-likeness (QED) is 0.284. The van der Waals surface area contributed by atoms with E-state index in [1.165, 1.54) is 19.2 Å². The fraction of sp³-hybridized carbons (Fsp3) is 0.310. The van der Waals surface area contributed by atoms with Crippen molar-refractivity contribution < 1.29 is 28.6 Å². The van der Waals surface area contributed by atoms with Crippen molar-refractivity contribution in [1.29, 1.82) is 0 Å². The molecule has 4 aromatic rings. The molecule has 4 N–H and O–H groups in total. The maximum atomic E-state index is 14.4. The number of nitrogens with two attached hydrogens (primary N) is 1. The van der Waals surface area contributed by atoms with E-state index in [0.29, 0.717) is 54.0 Å². The number of nitrogens with one attached hydrogen (secondary N) is 1. The molecule has 0 spiro atoms. The van der Waals surface area contributed by atoms with Crippen LogP contribution in [0.5, 0.6) is 5.75 Å². The van der Waals surface area contributed by atoms with Gasteiger partial charge in [0.1, 0.15) is 0 Å². The molecule has 9 nitrogen and oxygen atoms in total. The van der Waals surface area contributed by atoms with Crippen LogP contribution in [-0.4, -0.2) is 91.4 Å². The number of aromatic nitrogens is 1. The number of methoxy groups -OCH3 is 1. The molecule has 39 heavy (non-hydrogen) atoms. The number of rotatable bonds is 9. The van der Waals surface area contributed by atoms with Crippen molar-refractivity contribution in [3.8, 4) is 16.9 Å². The first-order chi connectivity index (χ1) is 18.9. The van der Waals surface area contributed by atoms with Crippen molar-refractivity contribution in [2.75, 3.05) is 59.7 Å². The van der Waals surface area contributed by atoms with Gasteiger partial charge in [-0.1, -0.05) is 12.1 Å². The maximum Gasteiger partial charge on any atom is 0.254 e. The lowest BCUT2D eigenvalue weighted by Gasteiger charge is -2.34. The summed E-state index contributed by atoms with van der Waals surface area (Å²) >= 11 is 0. The fourth-order valence-corrected chi connectivity index (χ4v) is 5.06. The van der Waals surface area contributed by atoms with Crippen LogP contribution in [0.25, 0.3) is 32.9 Å². The number of hydrogen-bond acceptors (Lipinski definition) is 6. The first-order valence-electron chi connectivity index (χ1n) is 12.8. The van der Waals surface area contributed by atoms with Gasteiger partial charge in [0.25, 0.3) is 11.8 Å². The Hall–Kier alpha value is -3.99. The van der Waals surface area contributed by atoms with Gasteiger partial charge in [0.05, 0.1) is 38.0 Å². The number of fused-ring (bicyclic) bond motifs is 3. The van der Waals surface area contributed by atoms with E-state index in [-0.39, 0.29) is 23.8 Å². The Bertz CT molecular complexity index is 1530. The lowest BCUT2D eigenvalue weighted by Crippen LogP contribution is -2.49. The highest BCUT2D eigenvalue weighted by molar-refractivity contribution is 6.17. The lowest BCUT2D eigenvalue weighted by atomic mass is 9.98. The van der Waals surface area contributed by atoms with E-state index in [0.717, 1.165) is 30.4 Å². The van der Waals surface area contributed by atoms with Crippen molar-refractivity contribution >= 4 is 33.6 Å². The van der Waals surface area contributed by atoms with E-state index >= 15 is 0 Å². The number of primary amides is 1. The summed E-state index contributed by atoms with van der Waals surface area (Å²) in [5.41, 5.74) is 9.04. The SMILES string of the molecule is COc1ccc(-c2cc(C(N)=O)c3[nH]c4cc(C(=O)N5CCN(CCOCCO)CC5)ccc4c3c2)cc1F. The van der Waals surface area contributed by atoms with Gasteiger partial charge in [-0.3, -0.25) is 14.5 Å². The van der Waals surface area contributed by atoms with Crippen LogP contribution in [-0.2, 0) is 4.74 Å². The number of amides is 2. The molecule has 0 atom stereocenters. The number of aliphatic hydroxyl groups is 1. The predicted molar refractivity (Wildman–Crippen MR) is 147 cm³/mol. The van der Waals surface area contributed by atoms with Gasteiger partial charge in [-0.15, -0.1) is 0 Å². The van der Waals surface area contributed by atoms with E-state index in [1.807, 2.05) is 17.0 Å². The zero-order valence-electron chi connectivity index (χ0n) is 21.7. The summed E-state index contributed by atoms with van der Waals surface area (Å²) in [7, 11) is 1.40. The van der Waals surface area contributed by atoms with Crippen LogP contribution in [0.2, 0.25) is 0 Å². The third-order valence-electron chi connectivity index (χ3n) is 7.15. The molecule has 1 aliphatic heterocycles. The van der Waals surface area contributed by atoms with E-state index in [1.54, 1.807) is 24.3 Å². The molecule has 0 bridgehead atoms. The lowest BCUT2D eigenvalue weighted by molar-refractivity contribution is 0.0486. The van der Waals surface area contributed by atoms with E-state index in [2.05, 4.69) is 9.88 Å². The van der Waals surface area contributed by atoms with Crippen molar-refractivity contribution in [2.24, 2.45) is 5.73 Å². The number of piperazine rings is 1. The third-order valence-corrected chi connectivity index (χ3v) is 7.15. The van der Waals surface area contributed by atoms with Gasteiger partial charge in [0.15, 0.2) is 11.6 Å². The highest BCUT2D eigenvalue weighted by Gasteiger charge is 2.23. The molecule has 0 radical (unpaired) electrons. The first kappa shape index (κ1) is 26.6. The van der Waals surface area contributed by atoms with Gasteiger partial charge >= 0.3 is 0 Å². The number of H-pyrrole nitrogens is 1. The molecule has 0 saturated carbocycles. The van der Waals surface area contributed by atoms with Crippen LogP contribution in [0.3, 0.4) is 0 Å². The summed E-state index contributed by atoms with van der Waals surface area (Å²) in [4.78, 5) is 33.0. The molecular formula is C29H31FN4O5. The zero-order valence-corrected chi connectivity index (χ0v) is 21.7. The van der Waals surface area contributed by atoms with Gasteiger partial charge in [-0.2, -0.15) is 0 Å². The van der Waals surface area contributed by atoms with Gasteiger partial charge in [-0.25, -0.2) is 4.39 Å². The Labute approximate surface area is 224 Å². The maximum absolute atomic E-state index is 14.4. The Kier molecular flexibility index (Phi) is 7.78. The first-order valence-corrected chi connectivity index (χ1v) is 12.8. The molecule has 2 heterocycles. The summed E-state index contributed by atoms with van der Waals surface area (Å²) in [5, 5.41) is 10.4. The highest BCUT2D eigenvalue weighted by Crippen LogP contribution is 2.34. The molecule has 1 aliphatic rings. The molecule has 204 valence electrons. The average Bonchev–Trinajstić information content (AvgIpc) is 3.32. The molecule has 1 fully saturated rings. The second-order valence-electron chi connectivity index (χ2n) is 9.52. The number of ether oxygens (including phenoxy) is 2. The topological polar surface area (TPSA) is 121 Å². The number of benzene rings is 3. The van der Waals surface area contributed by atoms with Crippen LogP contribution in [0, 0.1) is 5.82 Å². The Morgan fingerprint density at radius 2 is 1.79 bits per heavy atom. The predicted octanol–water partition coefficient (Wildman–Crippen LogP) is 3.00. The summed E-state index contributed by atoms with van der Waals surface area (Å²) in [6, 6.07) is 13.6. The summed E-state index contributed by atoms with van der Waals surface area (Å²) in [6.45, 7) is 4.37. The van der Waals surface area contributed by atoms with Crippen molar-refractivity contribution in [2.45, 2.75) is 0 Å². The number of aromatic amines is 1. The van der Waals surface area contributed by atoms with Crippen LogP contribution < -0.4 is 10.5 Å². The van der Waals surface area contributed by atoms with Crippen LogP contribution in [0.15, 0.2) is 48.5 Å². The van der Waals surface area contributed by atoms with E-state index < -0.39 is 11.7 Å². The largest absolute Gasteiger partial charge is 0.494 e. The molecule has 0 unspecified atom stereocenters. The summed E-state index contributed by atoms with van der Waals surface area (Å²) in [6.07, 6.45) is 0. The second kappa shape index (κ2) is 11.4. The molecule has 1 aromatic heterocycles. The van der Waals surface area contributed by atoms with Gasteiger partial charge < -0.3 is 30.2 Å². The minimum atomic E-state index is -0.613. The molecule has 2 amide bonds. The van der Waals surface area contributed by atoms with Crippen molar-refractivity contribution in [1.82, 2.24) is 14.8 Å². The van der Waals surface area contributed by atoms with E-state index in [4.69, 9.17) is 20.3 Å². The van der Waals surface area contributed by atoms with Crippen molar-refractivity contribution in [3.05, 3.63) is 65.5 Å². The van der Waals surface area contributed by atoms with Gasteiger partial charge in [-0.05, 0) is 47.5 Å². The molecule has 1 saturated heterocycles. The monoisotopic (exact) mass is 534 g/mol. The number of hydrogen-bond donors (Lipinski definition) is 3. The third kappa shape index (κ3) is 5.44. The Balaban J connectivity index is 1.41. The highest BCUT2D eigenvalue weighted by atomic mass is 19.1. The number of carbonyl (C=O) groups excluding carboxylic acids is 2. The molecule has 10 heteroatoms. The minimum Gasteiger partial charge on any atom is -0.494 e. The second-order valence-corrected chi connectivity index (χ2v) is 9.52. The number of halogens is 1. The molecule has 5 rings (SSSR count). The molecule has 3 aromatic carbocycles. The van der Waals surface area contributed by atoms with Gasteiger partial charge in [0.2, 0.25) is 0 Å². The van der Waals surface area contributed by atoms with Crippen LogP contribution in [0.1, 0.15) is 20.7 Å². The number of carbonyl (C=O) groups is 2. The van der Waals surface area contributed by atoms with Gasteiger partial charge in [0, 0.05) is 54.6 Å². The van der Waals surface area contributed by atoms with E-state index in [9.17, 15) is 14.0 Å². The van der Waals surface area contributed by atoms with Crippen LogP contribution in [0.4, 0.5) is 4.39 Å². The Morgan fingerprint density at radius 1 is 1.00 bits per heavy atom. The minimum absolute atomic E-state index is 0.0106. The normalized spacial score (nSPS) is 14.3. The molecule has 0 aliphatic carbocycles. The zero-order chi connectivity index (χ0) is 27.5. The number of aliphatic hydroxyl groups excluding tert-OH is 1. The molecular weight excluding hydrogens is 503 g/mol. The van der Waals surface area contributed by atoms with Crippen LogP contribution >= 0.6 is 0 Å². The number of nitrogens with zero attached hydrogens (tertiary/aromatic N) is 2.